The van der Waals surface area contributed by atoms with E-state index in [4.69, 9.17) is 0 Å². The molecule has 0 saturated carbocycles. The fraction of sp³-hybridized carbons (Fsp3) is 0.800. The third-order valence-corrected chi connectivity index (χ3v) is 3.72. The van der Waals surface area contributed by atoms with Gasteiger partial charge < -0.3 is 15.3 Å². The summed E-state index contributed by atoms with van der Waals surface area (Å²) in [5.41, 5.74) is 0. The van der Waals surface area contributed by atoms with Crippen LogP contribution in [0.15, 0.2) is 0 Å². The van der Waals surface area contributed by atoms with Crippen LogP contribution in [0.3, 0.4) is 0 Å². The summed E-state index contributed by atoms with van der Waals surface area (Å²) < 4.78 is 0. The maximum absolute atomic E-state index is 12.6. The Labute approximate surface area is 125 Å². The fourth-order valence-electron chi connectivity index (χ4n) is 2.69. The van der Waals surface area contributed by atoms with Gasteiger partial charge in [-0.05, 0) is 12.3 Å². The number of nitrogens with one attached hydrogen (secondary N) is 1. The van der Waals surface area contributed by atoms with E-state index in [1.54, 1.807) is 0 Å². The Bertz CT molecular complexity index is 408. The molecule has 3 unspecified atom stereocenters. The molecule has 1 aliphatic heterocycles. The van der Waals surface area contributed by atoms with E-state index in [-0.39, 0.29) is 36.5 Å². The summed E-state index contributed by atoms with van der Waals surface area (Å²) in [6.45, 7) is 7.11. The highest BCUT2D eigenvalue weighted by Crippen LogP contribution is 2.22. The molecule has 1 rings (SSSR count). The number of rotatable bonds is 6. The van der Waals surface area contributed by atoms with Crippen molar-refractivity contribution >= 4 is 17.6 Å². The van der Waals surface area contributed by atoms with Crippen LogP contribution in [0.1, 0.15) is 47.0 Å². The normalized spacial score (nSPS) is 23.2. The molecule has 120 valence electrons. The Kier molecular flexibility index (Phi) is 6.33. The summed E-state index contributed by atoms with van der Waals surface area (Å²) in [6, 6.07) is -1.23. The third-order valence-electron chi connectivity index (χ3n) is 3.72. The summed E-state index contributed by atoms with van der Waals surface area (Å²) in [4.78, 5) is 37.5. The second-order valence-electron chi connectivity index (χ2n) is 6.03. The molecule has 2 N–H and O–H groups in total. The lowest BCUT2D eigenvalue weighted by molar-refractivity contribution is -0.141. The van der Waals surface area contributed by atoms with Crippen molar-refractivity contribution in [3.05, 3.63) is 0 Å². The van der Waals surface area contributed by atoms with Crippen molar-refractivity contribution in [3.63, 3.8) is 0 Å². The van der Waals surface area contributed by atoms with E-state index in [0.717, 1.165) is 0 Å². The molecule has 0 bridgehead atoms. The molecule has 0 spiro atoms. The lowest BCUT2D eigenvalue weighted by Gasteiger charge is -2.30. The first kappa shape index (κ1) is 17.6. The summed E-state index contributed by atoms with van der Waals surface area (Å²) in [5.74, 6) is -0.668. The van der Waals surface area contributed by atoms with E-state index in [9.17, 15) is 19.5 Å². The molecule has 0 aliphatic carbocycles. The molecule has 21 heavy (non-hydrogen) atoms. The van der Waals surface area contributed by atoms with E-state index < -0.39 is 18.2 Å². The summed E-state index contributed by atoms with van der Waals surface area (Å²) >= 11 is 0. The zero-order valence-corrected chi connectivity index (χ0v) is 13.3. The van der Waals surface area contributed by atoms with Gasteiger partial charge in [0, 0.05) is 26.3 Å². The Morgan fingerprint density at radius 2 is 1.95 bits per heavy atom. The molecule has 6 heteroatoms. The number of likely N-dealkylation sites (tertiary alicyclic amines) is 1. The number of β-amino-alcohol motifs (C(OH)–C–C–N with tert-alkyl or cyclic N) is 1. The van der Waals surface area contributed by atoms with E-state index in [1.807, 2.05) is 20.8 Å². The van der Waals surface area contributed by atoms with Gasteiger partial charge in [-0.1, -0.05) is 20.8 Å². The van der Waals surface area contributed by atoms with Gasteiger partial charge >= 0.3 is 0 Å². The third kappa shape index (κ3) is 4.52. The van der Waals surface area contributed by atoms with Crippen LogP contribution in [-0.4, -0.2) is 52.3 Å². The number of nitrogens with zero attached hydrogens (tertiary/aromatic N) is 1. The number of aliphatic hydroxyl groups is 1. The molecular weight excluding hydrogens is 272 g/mol. The molecule has 1 heterocycles. The van der Waals surface area contributed by atoms with Gasteiger partial charge in [-0.25, -0.2) is 0 Å². The highest BCUT2D eigenvalue weighted by Gasteiger charge is 2.41. The summed E-state index contributed by atoms with van der Waals surface area (Å²) in [6.07, 6.45) is 0.723. The molecule has 2 amide bonds. The largest absolute Gasteiger partial charge is 0.391 e. The van der Waals surface area contributed by atoms with Gasteiger partial charge in [-0.3, -0.25) is 14.4 Å². The zero-order chi connectivity index (χ0) is 16.2. The first-order valence-corrected chi connectivity index (χ1v) is 7.56. The summed E-state index contributed by atoms with van der Waals surface area (Å²) in [5, 5.41) is 12.4. The monoisotopic (exact) mass is 298 g/mol. The minimum absolute atomic E-state index is 0.0206. The van der Waals surface area contributed by atoms with Crippen LogP contribution >= 0.6 is 0 Å². The Hall–Kier alpha value is -1.43. The maximum atomic E-state index is 12.6. The van der Waals surface area contributed by atoms with E-state index in [0.29, 0.717) is 12.8 Å². The predicted molar refractivity (Wildman–Crippen MR) is 78.5 cm³/mol. The SMILES string of the molecule is CCCC(=O)C1CC(O)CN1C(=O)C(NC(C)=O)C(C)C. The molecular formula is C15H26N2O4. The molecule has 6 nitrogen and oxygen atoms in total. The Morgan fingerprint density at radius 1 is 1.33 bits per heavy atom. The Balaban J connectivity index is 2.90. The molecule has 0 aromatic carbocycles. The number of amides is 2. The second kappa shape index (κ2) is 7.54. The molecule has 0 aromatic heterocycles. The number of hydrogen-bond acceptors (Lipinski definition) is 4. The lowest BCUT2D eigenvalue weighted by Crippen LogP contribution is -2.53. The zero-order valence-electron chi connectivity index (χ0n) is 13.3. The van der Waals surface area contributed by atoms with Gasteiger partial charge in [-0.2, -0.15) is 0 Å². The molecule has 1 aliphatic rings. The quantitative estimate of drug-likeness (QED) is 0.746. The van der Waals surface area contributed by atoms with Crippen molar-refractivity contribution in [2.45, 2.75) is 65.1 Å². The minimum Gasteiger partial charge on any atom is -0.391 e. The van der Waals surface area contributed by atoms with Crippen LogP contribution in [0.5, 0.6) is 0 Å². The lowest BCUT2D eigenvalue weighted by atomic mass is 10.0. The van der Waals surface area contributed by atoms with Crippen molar-refractivity contribution < 1.29 is 19.5 Å². The van der Waals surface area contributed by atoms with Gasteiger partial charge in [0.15, 0.2) is 5.78 Å². The van der Waals surface area contributed by atoms with Gasteiger partial charge in [0.1, 0.15) is 6.04 Å². The Morgan fingerprint density at radius 3 is 2.43 bits per heavy atom. The predicted octanol–water partition coefficient (Wildman–Crippen LogP) is 0.478. The van der Waals surface area contributed by atoms with Gasteiger partial charge in [0.05, 0.1) is 12.1 Å². The van der Waals surface area contributed by atoms with Crippen molar-refractivity contribution in [2.24, 2.45) is 5.92 Å². The van der Waals surface area contributed by atoms with Gasteiger partial charge in [0.25, 0.3) is 0 Å². The number of hydrogen-bond donors (Lipinski definition) is 2. The van der Waals surface area contributed by atoms with Crippen LogP contribution in [-0.2, 0) is 14.4 Å². The highest BCUT2D eigenvalue weighted by molar-refractivity contribution is 5.93. The van der Waals surface area contributed by atoms with Crippen molar-refractivity contribution in [2.75, 3.05) is 6.54 Å². The molecule has 3 atom stereocenters. The minimum atomic E-state index is -0.676. The number of Topliss-reactive ketones (excluding diaryl/α,β-unsaturated/α-hetero) is 1. The number of ketones is 1. The van der Waals surface area contributed by atoms with Crippen molar-refractivity contribution in [1.29, 1.82) is 0 Å². The first-order chi connectivity index (χ1) is 9.77. The van der Waals surface area contributed by atoms with Crippen molar-refractivity contribution in [3.8, 4) is 0 Å². The van der Waals surface area contributed by atoms with Gasteiger partial charge in [0.2, 0.25) is 11.8 Å². The number of carbonyl (C=O) groups excluding carboxylic acids is 3. The van der Waals surface area contributed by atoms with Crippen LogP contribution in [0.2, 0.25) is 0 Å². The smallest absolute Gasteiger partial charge is 0.246 e. The average molecular weight is 298 g/mol. The van der Waals surface area contributed by atoms with Gasteiger partial charge in [-0.15, -0.1) is 0 Å². The standard InChI is InChI=1S/C15H26N2O4/c1-5-6-13(20)12-7-11(19)8-17(12)15(21)14(9(2)3)16-10(4)18/h9,11-12,14,19H,5-8H2,1-4H3,(H,16,18). The number of aliphatic hydroxyl groups excluding tert-OH is 1. The second-order valence-corrected chi connectivity index (χ2v) is 6.03. The molecule has 0 aromatic rings. The topological polar surface area (TPSA) is 86.7 Å². The molecule has 0 radical (unpaired) electrons. The highest BCUT2D eigenvalue weighted by atomic mass is 16.3. The molecule has 1 saturated heterocycles. The van der Waals surface area contributed by atoms with Crippen LogP contribution < -0.4 is 5.32 Å². The first-order valence-electron chi connectivity index (χ1n) is 7.56. The van der Waals surface area contributed by atoms with E-state index in [2.05, 4.69) is 5.32 Å². The van der Waals surface area contributed by atoms with Crippen LogP contribution in [0, 0.1) is 5.92 Å². The average Bonchev–Trinajstić information content (AvgIpc) is 2.77. The van der Waals surface area contributed by atoms with Crippen LogP contribution in [0.4, 0.5) is 0 Å². The van der Waals surface area contributed by atoms with Crippen LogP contribution in [0.25, 0.3) is 0 Å². The van der Waals surface area contributed by atoms with E-state index >= 15 is 0 Å². The fourth-order valence-corrected chi connectivity index (χ4v) is 2.69. The van der Waals surface area contributed by atoms with Crippen molar-refractivity contribution in [1.82, 2.24) is 10.2 Å². The summed E-state index contributed by atoms with van der Waals surface area (Å²) in [7, 11) is 0. The maximum Gasteiger partial charge on any atom is 0.246 e. The number of carbonyl (C=O) groups is 3. The molecule has 1 fully saturated rings. The van der Waals surface area contributed by atoms with E-state index in [1.165, 1.54) is 11.8 Å².